The Labute approximate surface area is 163 Å². The fraction of sp³-hybridized carbons (Fsp3) is 0.300. The van der Waals surface area contributed by atoms with E-state index in [2.05, 4.69) is 10.00 Å². The van der Waals surface area contributed by atoms with Crippen molar-refractivity contribution in [3.8, 4) is 23.0 Å². The first-order valence-corrected chi connectivity index (χ1v) is 9.07. The summed E-state index contributed by atoms with van der Waals surface area (Å²) >= 11 is 5.31. The van der Waals surface area contributed by atoms with Gasteiger partial charge in [0, 0.05) is 6.54 Å². The highest BCUT2D eigenvalue weighted by Crippen LogP contribution is 2.28. The molecule has 0 unspecified atom stereocenters. The van der Waals surface area contributed by atoms with E-state index >= 15 is 0 Å². The van der Waals surface area contributed by atoms with Crippen LogP contribution in [0.25, 0.3) is 11.5 Å². The van der Waals surface area contributed by atoms with Gasteiger partial charge in [0.15, 0.2) is 0 Å². The number of methoxy groups -OCH3 is 1. The van der Waals surface area contributed by atoms with Crippen molar-refractivity contribution >= 4 is 12.2 Å². The minimum Gasteiger partial charge on any atom is -0.496 e. The smallest absolute Gasteiger partial charge is 0.288 e. The van der Waals surface area contributed by atoms with Gasteiger partial charge in [-0.2, -0.15) is 0 Å². The third kappa shape index (κ3) is 4.96. The summed E-state index contributed by atoms with van der Waals surface area (Å²) in [7, 11) is 3.60. The first-order valence-electron chi connectivity index (χ1n) is 8.66. The maximum Gasteiger partial charge on any atom is 0.288 e. The molecule has 0 amide bonds. The zero-order chi connectivity index (χ0) is 19.2. The number of hydrogen-bond donors (Lipinski definition) is 0. The fourth-order valence-corrected chi connectivity index (χ4v) is 2.83. The Bertz CT molecular complexity index is 951. The van der Waals surface area contributed by atoms with Crippen LogP contribution >= 0.6 is 12.2 Å². The van der Waals surface area contributed by atoms with Crippen LogP contribution in [-0.4, -0.2) is 42.0 Å². The summed E-state index contributed by atoms with van der Waals surface area (Å²) in [6.45, 7) is 3.86. The van der Waals surface area contributed by atoms with Gasteiger partial charge in [-0.1, -0.05) is 24.3 Å². The summed E-state index contributed by atoms with van der Waals surface area (Å²) in [6.07, 6.45) is 0. The summed E-state index contributed by atoms with van der Waals surface area (Å²) in [4.78, 5) is 2.39. The monoisotopic (exact) mass is 385 g/mol. The molecule has 1 heterocycles. The molecule has 27 heavy (non-hydrogen) atoms. The lowest BCUT2D eigenvalue weighted by molar-refractivity contribution is 0.196. The second-order valence-corrected chi connectivity index (χ2v) is 6.61. The number of aromatic nitrogens is 2. The van der Waals surface area contributed by atoms with Crippen LogP contribution in [0.2, 0.25) is 0 Å². The lowest BCUT2D eigenvalue weighted by Crippen LogP contribution is -2.27. The number of para-hydroxylation sites is 1. The predicted octanol–water partition coefficient (Wildman–Crippen LogP) is 4.16. The average Bonchev–Trinajstić information content (AvgIpc) is 3.02. The molecule has 0 fully saturated rings. The Morgan fingerprint density at radius 3 is 2.78 bits per heavy atom. The molecule has 0 saturated carbocycles. The molecule has 0 radical (unpaired) electrons. The summed E-state index contributed by atoms with van der Waals surface area (Å²) in [5.74, 6) is 2.02. The number of benzene rings is 2. The zero-order valence-corrected chi connectivity index (χ0v) is 16.5. The molecule has 0 saturated heterocycles. The van der Waals surface area contributed by atoms with Gasteiger partial charge >= 0.3 is 0 Å². The fourth-order valence-electron chi connectivity index (χ4n) is 2.65. The molecule has 0 N–H and O–H groups in total. The molecule has 6 nitrogen and oxygen atoms in total. The Morgan fingerprint density at radius 2 is 2.00 bits per heavy atom. The van der Waals surface area contributed by atoms with Crippen LogP contribution in [0, 0.1) is 11.8 Å². The van der Waals surface area contributed by atoms with E-state index in [1.54, 1.807) is 11.8 Å². The first-order chi connectivity index (χ1) is 13.1. The van der Waals surface area contributed by atoms with Crippen LogP contribution in [0.1, 0.15) is 5.56 Å². The van der Waals surface area contributed by atoms with Gasteiger partial charge in [0.2, 0.25) is 0 Å². The van der Waals surface area contributed by atoms with Gasteiger partial charge in [0.05, 0.1) is 19.3 Å². The maximum atomic E-state index is 5.79. The summed E-state index contributed by atoms with van der Waals surface area (Å²) in [6, 6.07) is 15.6. The highest BCUT2D eigenvalue weighted by atomic mass is 32.1. The minimum atomic E-state index is 0.322. The molecule has 3 rings (SSSR count). The third-order valence-electron chi connectivity index (χ3n) is 4.05. The van der Waals surface area contributed by atoms with Gasteiger partial charge < -0.3 is 13.9 Å². The predicted molar refractivity (Wildman–Crippen MR) is 107 cm³/mol. The van der Waals surface area contributed by atoms with Crippen molar-refractivity contribution in [3.05, 3.63) is 58.9 Å². The number of rotatable bonds is 8. The van der Waals surface area contributed by atoms with Crippen LogP contribution in [0.15, 0.2) is 52.9 Å². The highest BCUT2D eigenvalue weighted by Gasteiger charge is 2.13. The Morgan fingerprint density at radius 1 is 1.19 bits per heavy atom. The van der Waals surface area contributed by atoms with Crippen LogP contribution in [0.3, 0.4) is 0 Å². The van der Waals surface area contributed by atoms with Crippen molar-refractivity contribution < 1.29 is 13.9 Å². The lowest BCUT2D eigenvalue weighted by Gasteiger charge is -2.16. The van der Waals surface area contributed by atoms with Crippen LogP contribution in [0.4, 0.5) is 0 Å². The second kappa shape index (κ2) is 8.83. The van der Waals surface area contributed by atoms with Gasteiger partial charge in [0.1, 0.15) is 18.1 Å². The maximum absolute atomic E-state index is 5.79. The molecule has 7 heteroatoms. The average molecular weight is 385 g/mol. The van der Waals surface area contributed by atoms with Gasteiger partial charge in [0.25, 0.3) is 10.7 Å². The lowest BCUT2D eigenvalue weighted by atomic mass is 10.2. The van der Waals surface area contributed by atoms with E-state index in [1.807, 2.05) is 62.5 Å². The van der Waals surface area contributed by atoms with Crippen LogP contribution < -0.4 is 9.47 Å². The minimum absolute atomic E-state index is 0.322. The van der Waals surface area contributed by atoms with Crippen molar-refractivity contribution in [3.63, 3.8) is 0 Å². The molecule has 0 aliphatic heterocycles. The van der Waals surface area contributed by atoms with Crippen molar-refractivity contribution in [2.45, 2.75) is 13.6 Å². The van der Waals surface area contributed by atoms with E-state index in [0.717, 1.165) is 17.9 Å². The second-order valence-electron chi connectivity index (χ2n) is 6.26. The van der Waals surface area contributed by atoms with Crippen molar-refractivity contribution in [1.82, 2.24) is 14.7 Å². The Balaban J connectivity index is 1.60. The standard InChI is InChI=1S/C20H23N3O3S/c1-15-7-6-8-16(13-15)25-12-11-22(2)14-23-20(27)26-19(21-23)17-9-4-5-10-18(17)24-3/h4-10,13H,11-12,14H2,1-3H3. The van der Waals surface area contributed by atoms with Crippen molar-refractivity contribution in [1.29, 1.82) is 0 Å². The topological polar surface area (TPSA) is 52.7 Å². The van der Waals surface area contributed by atoms with Gasteiger partial charge in [-0.3, -0.25) is 4.90 Å². The molecule has 142 valence electrons. The Kier molecular flexibility index (Phi) is 6.26. The number of ether oxygens (including phenoxy) is 2. The van der Waals surface area contributed by atoms with Gasteiger partial charge in [-0.25, -0.2) is 4.68 Å². The molecular weight excluding hydrogens is 362 g/mol. The first kappa shape index (κ1) is 19.1. The quantitative estimate of drug-likeness (QED) is 0.543. The largest absolute Gasteiger partial charge is 0.496 e. The van der Waals surface area contributed by atoms with E-state index in [1.165, 1.54) is 5.56 Å². The third-order valence-corrected chi connectivity index (χ3v) is 4.34. The van der Waals surface area contributed by atoms with Crippen LogP contribution in [-0.2, 0) is 6.67 Å². The normalized spacial score (nSPS) is 11.0. The molecule has 1 aromatic heterocycles. The van der Waals surface area contributed by atoms with E-state index in [9.17, 15) is 0 Å². The van der Waals surface area contributed by atoms with E-state index in [0.29, 0.717) is 29.8 Å². The zero-order valence-electron chi connectivity index (χ0n) is 15.7. The molecular formula is C20H23N3O3S. The summed E-state index contributed by atoms with van der Waals surface area (Å²) < 4.78 is 18.5. The number of nitrogens with zero attached hydrogens (tertiary/aromatic N) is 3. The van der Waals surface area contributed by atoms with Crippen molar-refractivity contribution in [2.24, 2.45) is 0 Å². The van der Waals surface area contributed by atoms with Gasteiger partial charge in [-0.15, -0.1) is 5.10 Å². The van der Waals surface area contributed by atoms with E-state index in [-0.39, 0.29) is 0 Å². The van der Waals surface area contributed by atoms with E-state index in [4.69, 9.17) is 26.1 Å². The van der Waals surface area contributed by atoms with Gasteiger partial charge in [-0.05, 0) is 56.0 Å². The molecule has 0 aliphatic rings. The number of aryl methyl sites for hydroxylation is 1. The molecule has 2 aromatic carbocycles. The number of likely N-dealkylation sites (N-methyl/N-ethyl adjacent to an activating group) is 1. The Hall–Kier alpha value is -2.64. The molecule has 3 aromatic rings. The van der Waals surface area contributed by atoms with E-state index < -0.39 is 0 Å². The number of hydrogen-bond acceptors (Lipinski definition) is 6. The van der Waals surface area contributed by atoms with Crippen molar-refractivity contribution in [2.75, 3.05) is 27.3 Å². The summed E-state index contributed by atoms with van der Waals surface area (Å²) in [5.41, 5.74) is 1.95. The molecule has 0 bridgehead atoms. The summed E-state index contributed by atoms with van der Waals surface area (Å²) in [5, 5.41) is 4.49. The SMILES string of the molecule is COc1ccccc1-c1nn(CN(C)CCOc2cccc(C)c2)c(=S)o1. The highest BCUT2D eigenvalue weighted by molar-refractivity contribution is 7.71. The molecule has 0 spiro atoms. The molecule has 0 atom stereocenters. The van der Waals surface area contributed by atoms with Crippen LogP contribution in [0.5, 0.6) is 11.5 Å². The molecule has 0 aliphatic carbocycles.